The first kappa shape index (κ1) is 13.7. The molecule has 0 aromatic heterocycles. The van der Waals surface area contributed by atoms with Gasteiger partial charge in [-0.3, -0.25) is 4.99 Å². The lowest BCUT2D eigenvalue weighted by molar-refractivity contribution is 0.313. The number of para-hydroxylation sites is 1. The summed E-state index contributed by atoms with van der Waals surface area (Å²) in [5.74, 6) is 1.48. The summed E-state index contributed by atoms with van der Waals surface area (Å²) in [7, 11) is 0. The average molecular weight is 261 g/mol. The Labute approximate surface area is 115 Å². The number of benzene rings is 1. The molecule has 2 rings (SSSR count). The number of rotatable bonds is 6. The van der Waals surface area contributed by atoms with E-state index in [9.17, 15) is 0 Å². The highest BCUT2D eigenvalue weighted by Gasteiger charge is 2.14. The maximum absolute atomic E-state index is 5.84. The molecule has 0 unspecified atom stereocenters. The number of guanidine groups is 1. The van der Waals surface area contributed by atoms with Gasteiger partial charge in [-0.2, -0.15) is 0 Å². The number of hydrogen-bond acceptors (Lipinski definition) is 2. The summed E-state index contributed by atoms with van der Waals surface area (Å²) < 4.78 is 5.59. The van der Waals surface area contributed by atoms with E-state index in [0.717, 1.165) is 12.2 Å². The molecule has 0 heterocycles. The quantitative estimate of drug-likeness (QED) is 0.469. The molecule has 1 aromatic carbocycles. The second-order valence-electron chi connectivity index (χ2n) is 4.91. The van der Waals surface area contributed by atoms with Crippen LogP contribution in [0.2, 0.25) is 0 Å². The highest BCUT2D eigenvalue weighted by molar-refractivity contribution is 5.78. The molecule has 0 radical (unpaired) electrons. The van der Waals surface area contributed by atoms with Crippen LogP contribution in [0, 0.1) is 0 Å². The van der Waals surface area contributed by atoms with Crippen LogP contribution in [0.15, 0.2) is 35.3 Å². The van der Waals surface area contributed by atoms with Gasteiger partial charge in [0.1, 0.15) is 5.75 Å². The van der Waals surface area contributed by atoms with Crippen molar-refractivity contribution >= 4 is 5.96 Å². The summed E-state index contributed by atoms with van der Waals surface area (Å²) in [6.45, 7) is 1.38. The zero-order chi connectivity index (χ0) is 13.3. The third-order valence-corrected chi connectivity index (χ3v) is 3.30. The van der Waals surface area contributed by atoms with Crippen LogP contribution in [0.3, 0.4) is 0 Å². The van der Waals surface area contributed by atoms with E-state index in [1.807, 2.05) is 30.3 Å². The molecule has 4 nitrogen and oxygen atoms in total. The third kappa shape index (κ3) is 5.20. The van der Waals surface area contributed by atoms with Gasteiger partial charge in [0.15, 0.2) is 5.96 Å². The smallest absolute Gasteiger partial charge is 0.188 e. The van der Waals surface area contributed by atoms with Gasteiger partial charge in [0.2, 0.25) is 0 Å². The summed E-state index contributed by atoms with van der Waals surface area (Å²) in [6.07, 6.45) is 5.91. The van der Waals surface area contributed by atoms with Crippen LogP contribution < -0.4 is 15.8 Å². The van der Waals surface area contributed by atoms with Gasteiger partial charge in [-0.05, 0) is 25.0 Å². The van der Waals surface area contributed by atoms with Crippen LogP contribution in [0.5, 0.6) is 5.75 Å². The Hall–Kier alpha value is -1.71. The van der Waals surface area contributed by atoms with Crippen LogP contribution in [-0.2, 0) is 0 Å². The zero-order valence-corrected chi connectivity index (χ0v) is 11.3. The van der Waals surface area contributed by atoms with Crippen LogP contribution in [0.4, 0.5) is 0 Å². The molecule has 0 atom stereocenters. The van der Waals surface area contributed by atoms with E-state index in [1.165, 1.54) is 25.7 Å². The van der Waals surface area contributed by atoms with Gasteiger partial charge in [-0.15, -0.1) is 0 Å². The van der Waals surface area contributed by atoms with Gasteiger partial charge >= 0.3 is 0 Å². The average Bonchev–Trinajstić information content (AvgIpc) is 2.92. The second-order valence-corrected chi connectivity index (χ2v) is 4.91. The molecule has 0 spiro atoms. The summed E-state index contributed by atoms with van der Waals surface area (Å²) in [5, 5.41) is 3.27. The van der Waals surface area contributed by atoms with Crippen molar-refractivity contribution in [2.75, 3.05) is 13.2 Å². The molecule has 1 aliphatic rings. The minimum absolute atomic E-state index is 0.532. The largest absolute Gasteiger partial charge is 0.494 e. The Morgan fingerprint density at radius 2 is 2.00 bits per heavy atom. The number of hydrogen-bond donors (Lipinski definition) is 2. The molecule has 0 bridgehead atoms. The van der Waals surface area contributed by atoms with Crippen molar-refractivity contribution in [1.82, 2.24) is 5.32 Å². The number of nitrogens with two attached hydrogens (primary N) is 1. The van der Waals surface area contributed by atoms with Crippen molar-refractivity contribution in [3.63, 3.8) is 0 Å². The molecule has 19 heavy (non-hydrogen) atoms. The Morgan fingerprint density at radius 3 is 2.74 bits per heavy atom. The number of ether oxygens (including phenoxy) is 1. The predicted octanol–water partition coefficient (Wildman–Crippen LogP) is 2.30. The fourth-order valence-electron chi connectivity index (χ4n) is 2.30. The van der Waals surface area contributed by atoms with Gasteiger partial charge in [0.25, 0.3) is 0 Å². The lowest BCUT2D eigenvalue weighted by atomic mass is 10.2. The number of aliphatic imine (C=N–C) groups is 1. The number of nitrogens with zero attached hydrogens (tertiary/aromatic N) is 1. The maximum atomic E-state index is 5.84. The SMILES string of the molecule is NC(=NCCCOc1ccccc1)NC1CCCC1. The molecule has 1 saturated carbocycles. The predicted molar refractivity (Wildman–Crippen MR) is 78.4 cm³/mol. The van der Waals surface area contributed by atoms with Crippen molar-refractivity contribution in [1.29, 1.82) is 0 Å². The first-order chi connectivity index (χ1) is 9.34. The first-order valence-electron chi connectivity index (χ1n) is 7.09. The molecule has 0 saturated heterocycles. The van der Waals surface area contributed by atoms with E-state index in [2.05, 4.69) is 10.3 Å². The van der Waals surface area contributed by atoms with Crippen molar-refractivity contribution < 1.29 is 4.74 Å². The summed E-state index contributed by atoms with van der Waals surface area (Å²) in [4.78, 5) is 4.32. The standard InChI is InChI=1S/C15H23N3O/c16-15(18-13-7-4-5-8-13)17-11-6-12-19-14-9-2-1-3-10-14/h1-3,9-10,13H,4-8,11-12H2,(H3,16,17,18). The van der Waals surface area contributed by atoms with Gasteiger partial charge in [0.05, 0.1) is 6.61 Å². The highest BCUT2D eigenvalue weighted by atomic mass is 16.5. The Morgan fingerprint density at radius 1 is 1.26 bits per heavy atom. The van der Waals surface area contributed by atoms with Crippen molar-refractivity contribution in [3.05, 3.63) is 30.3 Å². The molecular formula is C15H23N3O. The van der Waals surface area contributed by atoms with Crippen LogP contribution >= 0.6 is 0 Å². The van der Waals surface area contributed by atoms with E-state index in [0.29, 0.717) is 25.2 Å². The molecule has 4 heteroatoms. The Bertz CT molecular complexity index is 386. The van der Waals surface area contributed by atoms with E-state index in [4.69, 9.17) is 10.5 Å². The fourth-order valence-corrected chi connectivity index (χ4v) is 2.30. The lowest BCUT2D eigenvalue weighted by Crippen LogP contribution is -2.38. The molecule has 1 aromatic rings. The van der Waals surface area contributed by atoms with E-state index >= 15 is 0 Å². The molecule has 1 aliphatic carbocycles. The molecule has 1 fully saturated rings. The molecular weight excluding hydrogens is 238 g/mol. The molecule has 0 amide bonds. The minimum atomic E-state index is 0.532. The molecule has 104 valence electrons. The Balaban J connectivity index is 1.57. The number of nitrogens with one attached hydrogen (secondary N) is 1. The third-order valence-electron chi connectivity index (χ3n) is 3.30. The first-order valence-corrected chi connectivity index (χ1v) is 7.09. The topological polar surface area (TPSA) is 59.6 Å². The van der Waals surface area contributed by atoms with Crippen molar-refractivity contribution in [3.8, 4) is 5.75 Å². The summed E-state index contributed by atoms with van der Waals surface area (Å²) in [6, 6.07) is 10.4. The monoisotopic (exact) mass is 261 g/mol. The molecule has 0 aliphatic heterocycles. The minimum Gasteiger partial charge on any atom is -0.494 e. The fraction of sp³-hybridized carbons (Fsp3) is 0.533. The van der Waals surface area contributed by atoms with E-state index in [1.54, 1.807) is 0 Å². The van der Waals surface area contributed by atoms with Gasteiger partial charge < -0.3 is 15.8 Å². The van der Waals surface area contributed by atoms with Crippen LogP contribution in [0.1, 0.15) is 32.1 Å². The summed E-state index contributed by atoms with van der Waals surface area (Å²) in [5.41, 5.74) is 5.84. The Kier molecular flexibility index (Phi) is 5.53. The zero-order valence-electron chi connectivity index (χ0n) is 11.3. The second kappa shape index (κ2) is 7.67. The maximum Gasteiger partial charge on any atom is 0.188 e. The van der Waals surface area contributed by atoms with Gasteiger partial charge in [0, 0.05) is 19.0 Å². The van der Waals surface area contributed by atoms with Crippen LogP contribution in [0.25, 0.3) is 0 Å². The lowest BCUT2D eigenvalue weighted by Gasteiger charge is -2.12. The van der Waals surface area contributed by atoms with Gasteiger partial charge in [-0.25, -0.2) is 0 Å². The van der Waals surface area contributed by atoms with E-state index < -0.39 is 0 Å². The van der Waals surface area contributed by atoms with Crippen molar-refractivity contribution in [2.24, 2.45) is 10.7 Å². The van der Waals surface area contributed by atoms with Crippen molar-refractivity contribution in [2.45, 2.75) is 38.1 Å². The summed E-state index contributed by atoms with van der Waals surface area (Å²) >= 11 is 0. The highest BCUT2D eigenvalue weighted by Crippen LogP contribution is 2.17. The normalized spacial score (nSPS) is 16.5. The van der Waals surface area contributed by atoms with Crippen LogP contribution in [-0.4, -0.2) is 25.2 Å². The molecule has 3 N–H and O–H groups in total. The van der Waals surface area contributed by atoms with Gasteiger partial charge in [-0.1, -0.05) is 31.0 Å². The van der Waals surface area contributed by atoms with E-state index in [-0.39, 0.29) is 0 Å².